The highest BCUT2D eigenvalue weighted by molar-refractivity contribution is 6.15. The molecule has 1 amide bonds. The van der Waals surface area contributed by atoms with Gasteiger partial charge in [0.25, 0.3) is 0 Å². The van der Waals surface area contributed by atoms with E-state index in [1.54, 1.807) is 36.4 Å². The molecule has 0 aliphatic heterocycles. The number of anilines is 1. The highest BCUT2D eigenvalue weighted by atomic mass is 16.5. The van der Waals surface area contributed by atoms with Crippen molar-refractivity contribution in [2.24, 2.45) is 0 Å². The van der Waals surface area contributed by atoms with Crippen molar-refractivity contribution in [1.82, 2.24) is 0 Å². The summed E-state index contributed by atoms with van der Waals surface area (Å²) in [7, 11) is 1.22. The lowest BCUT2D eigenvalue weighted by molar-refractivity contribution is -0.142. The minimum absolute atomic E-state index is 0.181. The maximum atomic E-state index is 12.8. The Hall–Kier alpha value is -2.95. The second kappa shape index (κ2) is 8.06. The fourth-order valence-corrected chi connectivity index (χ4v) is 2.36. The normalized spacial score (nSPS) is 10.1. The van der Waals surface area contributed by atoms with Crippen LogP contribution in [0.1, 0.15) is 34.8 Å². The van der Waals surface area contributed by atoms with Crippen LogP contribution < -0.4 is 5.32 Å². The second-order valence-electron chi connectivity index (χ2n) is 5.19. The zero-order valence-corrected chi connectivity index (χ0v) is 13.7. The van der Waals surface area contributed by atoms with Crippen molar-refractivity contribution < 1.29 is 19.1 Å². The first-order valence-electron chi connectivity index (χ1n) is 7.65. The standard InChI is InChI=1S/C19H19NO4/c1-3-13-10-7-11-15(19(23)14-8-5-4-6-9-14)18(13)20-16(21)12-17(22)24-2/h4-11H,3,12H2,1-2H3,(H,20,21). The number of methoxy groups -OCH3 is 1. The Morgan fingerprint density at radius 2 is 1.71 bits per heavy atom. The van der Waals surface area contributed by atoms with Gasteiger partial charge in [0.05, 0.1) is 12.8 Å². The minimum atomic E-state index is -0.627. The van der Waals surface area contributed by atoms with Crippen molar-refractivity contribution in [2.75, 3.05) is 12.4 Å². The average molecular weight is 325 g/mol. The third-order valence-corrected chi connectivity index (χ3v) is 3.61. The lowest BCUT2D eigenvalue weighted by Gasteiger charge is -2.14. The number of carbonyl (C=O) groups excluding carboxylic acids is 3. The Morgan fingerprint density at radius 3 is 2.33 bits per heavy atom. The summed E-state index contributed by atoms with van der Waals surface area (Å²) in [6, 6.07) is 14.1. The maximum Gasteiger partial charge on any atom is 0.315 e. The third kappa shape index (κ3) is 4.07. The first-order chi connectivity index (χ1) is 11.6. The van der Waals surface area contributed by atoms with Crippen LogP contribution in [0.5, 0.6) is 0 Å². The van der Waals surface area contributed by atoms with Gasteiger partial charge >= 0.3 is 5.97 Å². The topological polar surface area (TPSA) is 72.5 Å². The van der Waals surface area contributed by atoms with E-state index in [0.29, 0.717) is 23.2 Å². The van der Waals surface area contributed by atoms with Crippen LogP contribution in [0.4, 0.5) is 5.69 Å². The third-order valence-electron chi connectivity index (χ3n) is 3.61. The quantitative estimate of drug-likeness (QED) is 0.503. The summed E-state index contributed by atoms with van der Waals surface area (Å²) in [5.41, 5.74) is 2.21. The van der Waals surface area contributed by atoms with Gasteiger partial charge in [0.1, 0.15) is 6.42 Å². The summed E-state index contributed by atoms with van der Waals surface area (Å²) in [5, 5.41) is 2.69. The number of ether oxygens (including phenoxy) is 1. The Morgan fingerprint density at radius 1 is 1.00 bits per heavy atom. The SMILES string of the molecule is CCc1cccc(C(=O)c2ccccc2)c1NC(=O)CC(=O)OC. The summed E-state index contributed by atoms with van der Waals surface area (Å²) < 4.78 is 4.50. The number of benzene rings is 2. The number of ketones is 1. The van der Waals surface area contributed by atoms with Crippen LogP contribution in [0.15, 0.2) is 48.5 Å². The van der Waals surface area contributed by atoms with Gasteiger partial charge in [-0.25, -0.2) is 0 Å². The van der Waals surface area contributed by atoms with Crippen molar-refractivity contribution in [1.29, 1.82) is 0 Å². The molecule has 5 heteroatoms. The first-order valence-corrected chi connectivity index (χ1v) is 7.65. The van der Waals surface area contributed by atoms with Crippen LogP contribution in [0.2, 0.25) is 0 Å². The van der Waals surface area contributed by atoms with E-state index in [0.717, 1.165) is 5.56 Å². The molecule has 2 aromatic rings. The van der Waals surface area contributed by atoms with Crippen molar-refractivity contribution >= 4 is 23.3 Å². The molecule has 0 unspecified atom stereocenters. The van der Waals surface area contributed by atoms with E-state index in [9.17, 15) is 14.4 Å². The molecule has 0 saturated heterocycles. The van der Waals surface area contributed by atoms with Gasteiger partial charge in [-0.3, -0.25) is 14.4 Å². The van der Waals surface area contributed by atoms with Crippen molar-refractivity contribution in [3.8, 4) is 0 Å². The molecule has 0 bridgehead atoms. The number of carbonyl (C=O) groups is 3. The fraction of sp³-hybridized carbons (Fsp3) is 0.211. The van der Waals surface area contributed by atoms with Gasteiger partial charge in [0.15, 0.2) is 5.78 Å². The average Bonchev–Trinajstić information content (AvgIpc) is 2.61. The van der Waals surface area contributed by atoms with Crippen LogP contribution in [-0.2, 0) is 20.7 Å². The van der Waals surface area contributed by atoms with Crippen LogP contribution in [0.25, 0.3) is 0 Å². The number of rotatable bonds is 6. The fourth-order valence-electron chi connectivity index (χ4n) is 2.36. The van der Waals surface area contributed by atoms with Crippen LogP contribution in [-0.4, -0.2) is 24.8 Å². The van der Waals surface area contributed by atoms with Gasteiger partial charge in [-0.05, 0) is 18.1 Å². The predicted octanol–water partition coefficient (Wildman–Crippen LogP) is 2.98. The number of hydrogen-bond donors (Lipinski definition) is 1. The van der Waals surface area contributed by atoms with E-state index < -0.39 is 18.3 Å². The molecule has 0 radical (unpaired) electrons. The van der Waals surface area contributed by atoms with E-state index in [4.69, 9.17) is 0 Å². The van der Waals surface area contributed by atoms with Gasteiger partial charge < -0.3 is 10.1 Å². The molecule has 2 rings (SSSR count). The van der Waals surface area contributed by atoms with Crippen molar-refractivity contribution in [3.05, 3.63) is 65.2 Å². The van der Waals surface area contributed by atoms with E-state index in [-0.39, 0.29) is 5.78 Å². The Labute approximate surface area is 140 Å². The van der Waals surface area contributed by atoms with Gasteiger partial charge in [-0.1, -0.05) is 49.4 Å². The smallest absolute Gasteiger partial charge is 0.315 e. The lowest BCUT2D eigenvalue weighted by Crippen LogP contribution is -2.20. The molecule has 24 heavy (non-hydrogen) atoms. The first kappa shape index (κ1) is 17.4. The summed E-state index contributed by atoms with van der Waals surface area (Å²) in [4.78, 5) is 36.0. The van der Waals surface area contributed by atoms with Crippen LogP contribution >= 0.6 is 0 Å². The summed E-state index contributed by atoms with van der Waals surface area (Å²) >= 11 is 0. The number of hydrogen-bond acceptors (Lipinski definition) is 4. The van der Waals surface area contributed by atoms with Crippen LogP contribution in [0.3, 0.4) is 0 Å². The lowest BCUT2D eigenvalue weighted by atomic mass is 9.97. The highest BCUT2D eigenvalue weighted by Gasteiger charge is 2.19. The minimum Gasteiger partial charge on any atom is -0.469 e. The number of para-hydroxylation sites is 1. The molecule has 0 aromatic heterocycles. The van der Waals surface area contributed by atoms with E-state index in [1.807, 2.05) is 19.1 Å². The number of nitrogens with one attached hydrogen (secondary N) is 1. The molecule has 0 aliphatic rings. The molecule has 0 heterocycles. The Kier molecular flexibility index (Phi) is 5.84. The molecule has 124 valence electrons. The highest BCUT2D eigenvalue weighted by Crippen LogP contribution is 2.25. The molecular formula is C19H19NO4. The van der Waals surface area contributed by atoms with Gasteiger partial charge in [0.2, 0.25) is 5.91 Å². The van der Waals surface area contributed by atoms with Gasteiger partial charge in [-0.2, -0.15) is 0 Å². The number of amides is 1. The molecular weight excluding hydrogens is 306 g/mol. The van der Waals surface area contributed by atoms with Crippen molar-refractivity contribution in [3.63, 3.8) is 0 Å². The summed E-state index contributed by atoms with van der Waals surface area (Å²) in [5.74, 6) is -1.32. The monoisotopic (exact) mass is 325 g/mol. The molecule has 1 N–H and O–H groups in total. The zero-order chi connectivity index (χ0) is 17.5. The number of esters is 1. The molecule has 0 spiro atoms. The van der Waals surface area contributed by atoms with E-state index >= 15 is 0 Å². The molecule has 0 aliphatic carbocycles. The molecule has 0 atom stereocenters. The van der Waals surface area contributed by atoms with Gasteiger partial charge in [0, 0.05) is 11.1 Å². The summed E-state index contributed by atoms with van der Waals surface area (Å²) in [6.45, 7) is 1.93. The van der Waals surface area contributed by atoms with E-state index in [2.05, 4.69) is 10.1 Å². The maximum absolute atomic E-state index is 12.8. The molecule has 2 aromatic carbocycles. The zero-order valence-electron chi connectivity index (χ0n) is 13.7. The molecule has 5 nitrogen and oxygen atoms in total. The largest absolute Gasteiger partial charge is 0.469 e. The predicted molar refractivity (Wildman–Crippen MR) is 91.0 cm³/mol. The summed E-state index contributed by atoms with van der Waals surface area (Å²) in [6.07, 6.45) is 0.247. The van der Waals surface area contributed by atoms with Crippen LogP contribution in [0, 0.1) is 0 Å². The second-order valence-corrected chi connectivity index (χ2v) is 5.19. The van der Waals surface area contributed by atoms with Crippen molar-refractivity contribution in [2.45, 2.75) is 19.8 Å². The van der Waals surface area contributed by atoms with Gasteiger partial charge in [-0.15, -0.1) is 0 Å². The molecule has 0 fully saturated rings. The Bertz CT molecular complexity index is 753. The molecule has 0 saturated carbocycles. The van der Waals surface area contributed by atoms with E-state index in [1.165, 1.54) is 7.11 Å². The number of aryl methyl sites for hydroxylation is 1. The Balaban J connectivity index is 2.37.